The molecule has 0 radical (unpaired) electrons. The van der Waals surface area contributed by atoms with Gasteiger partial charge in [0.25, 0.3) is 0 Å². The minimum atomic E-state index is -0.247. The van der Waals surface area contributed by atoms with Gasteiger partial charge in [0.1, 0.15) is 34.5 Å². The van der Waals surface area contributed by atoms with Crippen LogP contribution in [0, 0.1) is 0 Å². The molecule has 0 atom stereocenters. The molecule has 0 saturated heterocycles. The number of phenolic OH excluding ortho intramolecular Hbond substituents is 2. The first-order valence-electron chi connectivity index (χ1n) is 10.5. The molecule has 0 amide bonds. The number of hydrogen-bond donors (Lipinski definition) is 4. The smallest absolute Gasteiger partial charge is 0.138 e. The number of hydrogen-bond acceptors (Lipinski definition) is 6. The molecule has 6 heteroatoms. The fourth-order valence-corrected chi connectivity index (χ4v) is 3.51. The average Bonchev–Trinajstić information content (AvgIpc) is 2.80. The zero-order valence-corrected chi connectivity index (χ0v) is 18.4. The number of rotatable bonds is 6. The van der Waals surface area contributed by atoms with Gasteiger partial charge in [0.2, 0.25) is 0 Å². The molecule has 0 spiro atoms. The van der Waals surface area contributed by atoms with Crippen molar-refractivity contribution in [3.63, 3.8) is 0 Å². The van der Waals surface area contributed by atoms with Gasteiger partial charge >= 0.3 is 0 Å². The predicted octanol–water partition coefficient (Wildman–Crippen LogP) is 6.17. The fourth-order valence-electron chi connectivity index (χ4n) is 3.51. The van der Waals surface area contributed by atoms with Crippen LogP contribution < -0.4 is 20.9 Å². The molecular weight excluding hydrogens is 416 g/mol. The highest BCUT2D eigenvalue weighted by atomic mass is 16.5. The van der Waals surface area contributed by atoms with E-state index in [0.717, 1.165) is 11.1 Å². The standard InChI is InChI=1S/C27H26N2O4/c1-27(2,17-3-7-19(8-4-17)32-21-11-13-25(30)23(28)15-21)18-5-9-20(10-6-18)33-22-12-14-26(31)24(29)16-22/h3-16,30-31H,28-29H2,1-2H3. The maximum atomic E-state index is 9.55. The van der Waals surface area contributed by atoms with Crippen LogP contribution in [-0.2, 0) is 5.41 Å². The molecule has 4 rings (SSSR count). The van der Waals surface area contributed by atoms with Crippen molar-refractivity contribution in [2.45, 2.75) is 19.3 Å². The molecule has 0 heterocycles. The highest BCUT2D eigenvalue weighted by Gasteiger charge is 2.23. The number of phenols is 2. The van der Waals surface area contributed by atoms with E-state index in [-0.39, 0.29) is 28.3 Å². The van der Waals surface area contributed by atoms with E-state index in [2.05, 4.69) is 13.8 Å². The number of nitrogens with two attached hydrogens (primary N) is 2. The quantitative estimate of drug-likeness (QED) is 0.210. The molecule has 0 fully saturated rings. The number of nitrogen functional groups attached to an aromatic ring is 2. The van der Waals surface area contributed by atoms with Gasteiger partial charge in [-0.15, -0.1) is 0 Å². The van der Waals surface area contributed by atoms with Gasteiger partial charge in [0.05, 0.1) is 11.4 Å². The monoisotopic (exact) mass is 442 g/mol. The highest BCUT2D eigenvalue weighted by Crippen LogP contribution is 2.35. The van der Waals surface area contributed by atoms with E-state index in [0.29, 0.717) is 23.0 Å². The van der Waals surface area contributed by atoms with Gasteiger partial charge in [0.15, 0.2) is 0 Å². The van der Waals surface area contributed by atoms with Crippen LogP contribution in [0.1, 0.15) is 25.0 Å². The lowest BCUT2D eigenvalue weighted by atomic mass is 9.78. The summed E-state index contributed by atoms with van der Waals surface area (Å²) >= 11 is 0. The largest absolute Gasteiger partial charge is 0.506 e. The summed E-state index contributed by atoms with van der Waals surface area (Å²) in [7, 11) is 0. The van der Waals surface area contributed by atoms with E-state index >= 15 is 0 Å². The summed E-state index contributed by atoms with van der Waals surface area (Å²) in [4.78, 5) is 0. The predicted molar refractivity (Wildman–Crippen MR) is 130 cm³/mol. The molecule has 0 aliphatic rings. The third-order valence-electron chi connectivity index (χ3n) is 5.62. The molecule has 0 bridgehead atoms. The summed E-state index contributed by atoms with van der Waals surface area (Å²) in [6.07, 6.45) is 0. The first-order chi connectivity index (χ1) is 15.7. The third kappa shape index (κ3) is 4.80. The Hall–Kier alpha value is -4.32. The van der Waals surface area contributed by atoms with Crippen LogP contribution in [0.4, 0.5) is 11.4 Å². The molecule has 4 aromatic carbocycles. The summed E-state index contributed by atoms with van der Waals surface area (Å²) in [5.74, 6) is 2.53. The maximum absolute atomic E-state index is 9.55. The Morgan fingerprint density at radius 3 is 1.21 bits per heavy atom. The summed E-state index contributed by atoms with van der Waals surface area (Å²) in [5.41, 5.74) is 14.0. The molecule has 168 valence electrons. The normalized spacial score (nSPS) is 11.2. The van der Waals surface area contributed by atoms with Gasteiger partial charge in [-0.1, -0.05) is 38.1 Å². The summed E-state index contributed by atoms with van der Waals surface area (Å²) in [6.45, 7) is 4.31. The van der Waals surface area contributed by atoms with Crippen LogP contribution in [0.5, 0.6) is 34.5 Å². The van der Waals surface area contributed by atoms with E-state index in [1.165, 1.54) is 12.1 Å². The molecule has 0 aliphatic heterocycles. The molecular formula is C27H26N2O4. The first-order valence-corrected chi connectivity index (χ1v) is 10.5. The van der Waals surface area contributed by atoms with Crippen LogP contribution in [0.3, 0.4) is 0 Å². The Kier molecular flexibility index (Phi) is 5.75. The van der Waals surface area contributed by atoms with Crippen molar-refractivity contribution in [1.29, 1.82) is 0 Å². The second-order valence-electron chi connectivity index (χ2n) is 8.32. The van der Waals surface area contributed by atoms with Crippen molar-refractivity contribution in [3.05, 3.63) is 96.1 Å². The van der Waals surface area contributed by atoms with Gasteiger partial charge in [-0.3, -0.25) is 0 Å². The SMILES string of the molecule is CC(C)(c1ccc(Oc2ccc(O)c(N)c2)cc1)c1ccc(Oc2ccc(O)c(N)c2)cc1. The Morgan fingerprint density at radius 2 is 0.879 bits per heavy atom. The van der Waals surface area contributed by atoms with Gasteiger partial charge in [0, 0.05) is 17.5 Å². The van der Waals surface area contributed by atoms with Crippen LogP contribution in [0.25, 0.3) is 0 Å². The van der Waals surface area contributed by atoms with Crippen molar-refractivity contribution in [3.8, 4) is 34.5 Å². The molecule has 6 N–H and O–H groups in total. The third-order valence-corrected chi connectivity index (χ3v) is 5.62. The molecule has 4 aromatic rings. The van der Waals surface area contributed by atoms with Gasteiger partial charge in [-0.05, 0) is 59.7 Å². The maximum Gasteiger partial charge on any atom is 0.138 e. The van der Waals surface area contributed by atoms with Crippen LogP contribution in [0.15, 0.2) is 84.9 Å². The van der Waals surface area contributed by atoms with Crippen molar-refractivity contribution in [2.75, 3.05) is 11.5 Å². The van der Waals surface area contributed by atoms with E-state index in [1.807, 2.05) is 48.5 Å². The minimum Gasteiger partial charge on any atom is -0.506 e. The average molecular weight is 443 g/mol. The zero-order chi connectivity index (χ0) is 23.6. The van der Waals surface area contributed by atoms with Gasteiger partial charge in [-0.2, -0.15) is 0 Å². The lowest BCUT2D eigenvalue weighted by Gasteiger charge is -2.26. The summed E-state index contributed by atoms with van der Waals surface area (Å²) < 4.78 is 11.7. The number of anilines is 2. The number of benzene rings is 4. The van der Waals surface area contributed by atoms with Crippen molar-refractivity contribution >= 4 is 11.4 Å². The van der Waals surface area contributed by atoms with E-state index in [9.17, 15) is 10.2 Å². The van der Waals surface area contributed by atoms with Gasteiger partial charge in [-0.25, -0.2) is 0 Å². The Balaban J connectivity index is 1.47. The lowest BCUT2D eigenvalue weighted by molar-refractivity contribution is 0.466. The molecule has 0 saturated carbocycles. The van der Waals surface area contributed by atoms with Crippen LogP contribution in [-0.4, -0.2) is 10.2 Å². The summed E-state index contributed by atoms with van der Waals surface area (Å²) in [6, 6.07) is 25.3. The molecule has 0 aliphatic carbocycles. The highest BCUT2D eigenvalue weighted by molar-refractivity contribution is 5.57. The number of ether oxygens (including phenoxy) is 2. The number of aromatic hydroxyl groups is 2. The van der Waals surface area contributed by atoms with E-state index in [1.54, 1.807) is 24.3 Å². The zero-order valence-electron chi connectivity index (χ0n) is 18.4. The molecule has 0 aromatic heterocycles. The van der Waals surface area contributed by atoms with Crippen LogP contribution in [0.2, 0.25) is 0 Å². The second-order valence-corrected chi connectivity index (χ2v) is 8.32. The van der Waals surface area contributed by atoms with E-state index in [4.69, 9.17) is 20.9 Å². The van der Waals surface area contributed by atoms with Crippen molar-refractivity contribution < 1.29 is 19.7 Å². The minimum absolute atomic E-state index is 0.0306. The van der Waals surface area contributed by atoms with E-state index < -0.39 is 0 Å². The molecule has 33 heavy (non-hydrogen) atoms. The summed E-state index contributed by atoms with van der Waals surface area (Å²) in [5, 5.41) is 19.1. The second kappa shape index (κ2) is 8.67. The molecule has 6 nitrogen and oxygen atoms in total. The fraction of sp³-hybridized carbons (Fsp3) is 0.111. The Labute approximate surface area is 192 Å². The van der Waals surface area contributed by atoms with Crippen LogP contribution >= 0.6 is 0 Å². The first kappa shape index (κ1) is 21.9. The Bertz CT molecular complexity index is 1170. The molecule has 0 unspecified atom stereocenters. The topological polar surface area (TPSA) is 111 Å². The van der Waals surface area contributed by atoms with Crippen molar-refractivity contribution in [1.82, 2.24) is 0 Å². The lowest BCUT2D eigenvalue weighted by Crippen LogP contribution is -2.18. The Morgan fingerprint density at radius 1 is 0.545 bits per heavy atom. The van der Waals surface area contributed by atoms with Gasteiger partial charge < -0.3 is 31.2 Å². The van der Waals surface area contributed by atoms with Crippen molar-refractivity contribution in [2.24, 2.45) is 0 Å².